The highest BCUT2D eigenvalue weighted by Crippen LogP contribution is 2.27. The molecule has 2 aromatic heterocycles. The zero-order chi connectivity index (χ0) is 17.1. The summed E-state index contributed by atoms with van der Waals surface area (Å²) in [5, 5.41) is 11.3. The topological polar surface area (TPSA) is 59.3 Å². The van der Waals surface area contributed by atoms with E-state index in [1.807, 2.05) is 28.8 Å². The van der Waals surface area contributed by atoms with Crippen LogP contribution in [0.3, 0.4) is 0 Å². The molecule has 0 saturated heterocycles. The van der Waals surface area contributed by atoms with Crippen LogP contribution in [0.5, 0.6) is 0 Å². The predicted octanol–water partition coefficient (Wildman–Crippen LogP) is 2.67. The molecular weight excluding hydrogens is 332 g/mol. The number of thioether (sulfide) groups is 1. The first-order valence-corrected chi connectivity index (χ1v) is 9.58. The lowest BCUT2D eigenvalue weighted by molar-refractivity contribution is -0.118. The van der Waals surface area contributed by atoms with E-state index in [9.17, 15) is 4.79 Å². The van der Waals surface area contributed by atoms with E-state index in [1.54, 1.807) is 11.8 Å². The number of carbonyl (C=O) groups excluding carboxylic acids is 1. The smallest absolute Gasteiger partial charge is 0.230 e. The Morgan fingerprint density at radius 2 is 2.08 bits per heavy atom. The van der Waals surface area contributed by atoms with Gasteiger partial charge in [0.2, 0.25) is 5.91 Å². The Kier molecular flexibility index (Phi) is 4.70. The Morgan fingerprint density at radius 3 is 3.04 bits per heavy atom. The van der Waals surface area contributed by atoms with Crippen molar-refractivity contribution in [3.8, 4) is 0 Å². The van der Waals surface area contributed by atoms with Crippen molar-refractivity contribution < 1.29 is 4.79 Å². The average Bonchev–Trinajstić information content (AvgIpc) is 3.26. The molecule has 128 valence electrons. The molecule has 1 aromatic carbocycles. The van der Waals surface area contributed by atoms with E-state index in [1.165, 1.54) is 35.3 Å². The highest BCUT2D eigenvalue weighted by Gasteiger charge is 2.12. The van der Waals surface area contributed by atoms with Crippen molar-refractivity contribution in [2.75, 3.05) is 12.3 Å². The molecule has 1 aliphatic rings. The number of nitrogens with one attached hydrogen (secondary N) is 1. The quantitative estimate of drug-likeness (QED) is 0.693. The second kappa shape index (κ2) is 7.27. The lowest BCUT2D eigenvalue weighted by Gasteiger charge is -2.06. The van der Waals surface area contributed by atoms with Crippen LogP contribution in [0.1, 0.15) is 23.4 Å². The Balaban J connectivity index is 1.25. The standard InChI is InChI=1S/C19H20N4OS/c24-19(13-25-16-8-7-14-4-3-5-15(14)12-16)20-10-9-18-22-21-17-6-1-2-11-23(17)18/h1-2,6-8,11-12H,3-5,9-10,13H2,(H,20,24). The van der Waals surface area contributed by atoms with Gasteiger partial charge in [-0.3, -0.25) is 9.20 Å². The summed E-state index contributed by atoms with van der Waals surface area (Å²) in [6, 6.07) is 12.4. The molecule has 6 heteroatoms. The molecule has 0 saturated carbocycles. The van der Waals surface area contributed by atoms with Crippen molar-refractivity contribution >= 4 is 23.3 Å². The molecule has 0 fully saturated rings. The number of pyridine rings is 1. The van der Waals surface area contributed by atoms with Gasteiger partial charge in [-0.1, -0.05) is 12.1 Å². The number of rotatable bonds is 6. The van der Waals surface area contributed by atoms with Crippen molar-refractivity contribution in [3.63, 3.8) is 0 Å². The lowest BCUT2D eigenvalue weighted by Crippen LogP contribution is -2.27. The number of hydrogen-bond acceptors (Lipinski definition) is 4. The van der Waals surface area contributed by atoms with Gasteiger partial charge in [0.05, 0.1) is 5.75 Å². The summed E-state index contributed by atoms with van der Waals surface area (Å²) in [5.41, 5.74) is 3.74. The number of nitrogens with zero attached hydrogens (tertiary/aromatic N) is 3. The van der Waals surface area contributed by atoms with Gasteiger partial charge < -0.3 is 5.32 Å². The van der Waals surface area contributed by atoms with Crippen molar-refractivity contribution in [1.29, 1.82) is 0 Å². The summed E-state index contributed by atoms with van der Waals surface area (Å²) in [5.74, 6) is 1.36. The largest absolute Gasteiger partial charge is 0.355 e. The van der Waals surface area contributed by atoms with E-state index in [2.05, 4.69) is 33.7 Å². The van der Waals surface area contributed by atoms with Crippen LogP contribution in [-0.4, -0.2) is 32.8 Å². The number of aromatic nitrogens is 3. The summed E-state index contributed by atoms with van der Waals surface area (Å²) < 4.78 is 1.95. The second-order valence-electron chi connectivity index (χ2n) is 6.22. The van der Waals surface area contributed by atoms with Crippen LogP contribution in [0.4, 0.5) is 0 Å². The summed E-state index contributed by atoms with van der Waals surface area (Å²) >= 11 is 1.60. The van der Waals surface area contributed by atoms with E-state index < -0.39 is 0 Å². The molecular formula is C19H20N4OS. The molecule has 5 nitrogen and oxygen atoms in total. The van der Waals surface area contributed by atoms with Gasteiger partial charge in [-0.05, 0) is 54.7 Å². The third-order valence-electron chi connectivity index (χ3n) is 4.49. The maximum atomic E-state index is 12.1. The van der Waals surface area contributed by atoms with Crippen LogP contribution in [0.25, 0.3) is 5.65 Å². The van der Waals surface area contributed by atoms with Gasteiger partial charge >= 0.3 is 0 Å². The highest BCUT2D eigenvalue weighted by molar-refractivity contribution is 8.00. The number of amides is 1. The van der Waals surface area contributed by atoms with Gasteiger partial charge in [-0.25, -0.2) is 0 Å². The van der Waals surface area contributed by atoms with Crippen molar-refractivity contribution in [3.05, 3.63) is 59.5 Å². The molecule has 1 N–H and O–H groups in total. The zero-order valence-electron chi connectivity index (χ0n) is 13.9. The fourth-order valence-electron chi connectivity index (χ4n) is 3.21. The fourth-order valence-corrected chi connectivity index (χ4v) is 4.00. The van der Waals surface area contributed by atoms with E-state index in [4.69, 9.17) is 0 Å². The minimum absolute atomic E-state index is 0.0549. The second-order valence-corrected chi connectivity index (χ2v) is 7.27. The van der Waals surface area contributed by atoms with E-state index in [0.717, 1.165) is 11.5 Å². The lowest BCUT2D eigenvalue weighted by atomic mass is 10.1. The van der Waals surface area contributed by atoms with Gasteiger partial charge in [0.25, 0.3) is 0 Å². The van der Waals surface area contributed by atoms with Gasteiger partial charge in [0.15, 0.2) is 5.65 Å². The molecule has 1 aliphatic carbocycles. The number of aryl methyl sites for hydroxylation is 2. The third kappa shape index (κ3) is 3.69. The van der Waals surface area contributed by atoms with Crippen molar-refractivity contribution in [1.82, 2.24) is 19.9 Å². The van der Waals surface area contributed by atoms with Gasteiger partial charge in [0, 0.05) is 24.1 Å². The van der Waals surface area contributed by atoms with Crippen LogP contribution in [-0.2, 0) is 24.1 Å². The molecule has 1 amide bonds. The van der Waals surface area contributed by atoms with E-state index in [0.29, 0.717) is 18.7 Å². The molecule has 4 rings (SSSR count). The molecule has 25 heavy (non-hydrogen) atoms. The Labute approximate surface area is 150 Å². The first-order valence-electron chi connectivity index (χ1n) is 8.59. The molecule has 0 bridgehead atoms. The number of fused-ring (bicyclic) bond motifs is 2. The van der Waals surface area contributed by atoms with E-state index in [-0.39, 0.29) is 5.91 Å². The van der Waals surface area contributed by atoms with Crippen LogP contribution in [0.15, 0.2) is 47.5 Å². The van der Waals surface area contributed by atoms with Crippen LogP contribution >= 0.6 is 11.8 Å². The molecule has 0 radical (unpaired) electrons. The van der Waals surface area contributed by atoms with Crippen LogP contribution in [0.2, 0.25) is 0 Å². The molecule has 0 aliphatic heterocycles. The van der Waals surface area contributed by atoms with Crippen molar-refractivity contribution in [2.24, 2.45) is 0 Å². The SMILES string of the molecule is O=C(CSc1ccc2c(c1)CCC2)NCCc1nnc2ccccn12. The van der Waals surface area contributed by atoms with Crippen LogP contribution in [0, 0.1) is 0 Å². The summed E-state index contributed by atoms with van der Waals surface area (Å²) in [7, 11) is 0. The molecule has 0 unspecified atom stereocenters. The first-order chi connectivity index (χ1) is 12.3. The predicted molar refractivity (Wildman–Crippen MR) is 98.9 cm³/mol. The fraction of sp³-hybridized carbons (Fsp3) is 0.316. The molecule has 0 atom stereocenters. The normalized spacial score (nSPS) is 13.1. The van der Waals surface area contributed by atoms with Crippen LogP contribution < -0.4 is 5.32 Å². The Hall–Kier alpha value is -2.34. The monoisotopic (exact) mass is 352 g/mol. The van der Waals surface area contributed by atoms with Gasteiger partial charge in [0.1, 0.15) is 5.82 Å². The first kappa shape index (κ1) is 16.1. The minimum atomic E-state index is 0.0549. The number of hydrogen-bond donors (Lipinski definition) is 1. The van der Waals surface area contributed by atoms with Crippen molar-refractivity contribution in [2.45, 2.75) is 30.6 Å². The van der Waals surface area contributed by atoms with Gasteiger partial charge in [-0.2, -0.15) is 0 Å². The zero-order valence-corrected chi connectivity index (χ0v) is 14.8. The maximum absolute atomic E-state index is 12.1. The summed E-state index contributed by atoms with van der Waals surface area (Å²) in [4.78, 5) is 13.2. The summed E-state index contributed by atoms with van der Waals surface area (Å²) in [6.07, 6.45) is 6.22. The van der Waals surface area contributed by atoms with E-state index >= 15 is 0 Å². The maximum Gasteiger partial charge on any atom is 0.230 e. The summed E-state index contributed by atoms with van der Waals surface area (Å²) in [6.45, 7) is 0.569. The molecule has 0 spiro atoms. The number of benzene rings is 1. The highest BCUT2D eigenvalue weighted by atomic mass is 32.2. The molecule has 3 aromatic rings. The Morgan fingerprint density at radius 1 is 1.16 bits per heavy atom. The van der Waals surface area contributed by atoms with Gasteiger partial charge in [-0.15, -0.1) is 22.0 Å². The minimum Gasteiger partial charge on any atom is -0.355 e. The Bertz CT molecular complexity index is 905. The average molecular weight is 352 g/mol. The molecule has 2 heterocycles. The third-order valence-corrected chi connectivity index (χ3v) is 5.49. The number of carbonyl (C=O) groups is 1.